The molecule has 0 aliphatic rings. The smallest absolute Gasteiger partial charge is 0.239 e. The van der Waals surface area contributed by atoms with Crippen molar-refractivity contribution in [3.63, 3.8) is 0 Å². The molecule has 4 nitrogen and oxygen atoms in total. The summed E-state index contributed by atoms with van der Waals surface area (Å²) in [6.45, 7) is 6.41. The van der Waals surface area contributed by atoms with Crippen molar-refractivity contribution in [3.05, 3.63) is 29.6 Å². The first-order valence-corrected chi connectivity index (χ1v) is 6.76. The van der Waals surface area contributed by atoms with Crippen molar-refractivity contribution in [1.29, 1.82) is 0 Å². The second kappa shape index (κ2) is 7.24. The lowest BCUT2D eigenvalue weighted by Crippen LogP contribution is -2.37. The molecule has 1 aromatic carbocycles. The number of carbonyl (C=O) groups is 1. The molecule has 0 bridgehead atoms. The summed E-state index contributed by atoms with van der Waals surface area (Å²) in [6.07, 6.45) is -0.790. The van der Waals surface area contributed by atoms with E-state index in [0.717, 1.165) is 0 Å². The molecule has 1 rings (SSSR count). The van der Waals surface area contributed by atoms with Gasteiger partial charge in [-0.25, -0.2) is 4.39 Å². The van der Waals surface area contributed by atoms with Crippen LogP contribution in [0, 0.1) is 11.7 Å². The molecule has 20 heavy (non-hydrogen) atoms. The topological polar surface area (TPSA) is 52.6 Å². The van der Waals surface area contributed by atoms with Crippen LogP contribution in [0.1, 0.15) is 32.4 Å². The maximum atomic E-state index is 13.2. The second-order valence-corrected chi connectivity index (χ2v) is 5.43. The molecule has 112 valence electrons. The summed E-state index contributed by atoms with van der Waals surface area (Å²) < 4.78 is 13.2. The average Bonchev–Trinajstić information content (AvgIpc) is 2.35. The Morgan fingerprint density at radius 1 is 1.40 bits per heavy atom. The average molecular weight is 282 g/mol. The Hall–Kier alpha value is -1.62. The fourth-order valence-corrected chi connectivity index (χ4v) is 1.88. The second-order valence-electron chi connectivity index (χ2n) is 5.43. The molecular weight excluding hydrogens is 259 g/mol. The minimum Gasteiger partial charge on any atom is -0.389 e. The van der Waals surface area contributed by atoms with Crippen molar-refractivity contribution in [2.75, 3.05) is 25.0 Å². The Bertz CT molecular complexity index is 461. The van der Waals surface area contributed by atoms with Crippen molar-refractivity contribution < 1.29 is 14.3 Å². The van der Waals surface area contributed by atoms with Crippen LogP contribution in [0.5, 0.6) is 0 Å². The Balaban J connectivity index is 2.77. The summed E-state index contributed by atoms with van der Waals surface area (Å²) in [7, 11) is 1.74. The predicted molar refractivity (Wildman–Crippen MR) is 78.2 cm³/mol. The molecule has 0 radical (unpaired) electrons. The van der Waals surface area contributed by atoms with Crippen molar-refractivity contribution in [3.8, 4) is 0 Å². The standard InChI is InChI=1S/C15H23FN2O2/c1-10(2)8-17-15(20)9-18(4)14-6-5-12(16)7-13(14)11(3)19/h5-7,10-11,19H,8-9H2,1-4H3,(H,17,20)/t11-/m0/s1. The monoisotopic (exact) mass is 282 g/mol. The number of aliphatic hydroxyl groups excluding tert-OH is 1. The number of rotatable bonds is 6. The van der Waals surface area contributed by atoms with E-state index in [1.165, 1.54) is 12.1 Å². The fraction of sp³-hybridized carbons (Fsp3) is 0.533. The molecule has 0 unspecified atom stereocenters. The summed E-state index contributed by atoms with van der Waals surface area (Å²) >= 11 is 0. The van der Waals surface area contributed by atoms with Gasteiger partial charge in [-0.1, -0.05) is 13.8 Å². The van der Waals surface area contributed by atoms with Gasteiger partial charge in [-0.2, -0.15) is 0 Å². The highest BCUT2D eigenvalue weighted by molar-refractivity contribution is 5.81. The fourth-order valence-electron chi connectivity index (χ4n) is 1.88. The van der Waals surface area contributed by atoms with E-state index >= 15 is 0 Å². The first-order valence-electron chi connectivity index (χ1n) is 6.76. The van der Waals surface area contributed by atoms with Crippen LogP contribution in [0.25, 0.3) is 0 Å². The van der Waals surface area contributed by atoms with Gasteiger partial charge < -0.3 is 15.3 Å². The zero-order valence-corrected chi connectivity index (χ0v) is 12.5. The molecule has 0 heterocycles. The van der Waals surface area contributed by atoms with Gasteiger partial charge in [-0.05, 0) is 31.0 Å². The van der Waals surface area contributed by atoms with Crippen molar-refractivity contribution in [2.24, 2.45) is 5.92 Å². The van der Waals surface area contributed by atoms with Crippen LogP contribution < -0.4 is 10.2 Å². The van der Waals surface area contributed by atoms with E-state index in [2.05, 4.69) is 5.32 Å². The largest absolute Gasteiger partial charge is 0.389 e. The van der Waals surface area contributed by atoms with E-state index < -0.39 is 11.9 Å². The van der Waals surface area contributed by atoms with Crippen LogP contribution in [-0.4, -0.2) is 31.2 Å². The SMILES string of the molecule is CC(C)CNC(=O)CN(C)c1ccc(F)cc1[C@H](C)O. The maximum absolute atomic E-state index is 13.2. The van der Waals surface area contributed by atoms with Crippen molar-refractivity contribution >= 4 is 11.6 Å². The number of nitrogens with zero attached hydrogens (tertiary/aromatic N) is 1. The van der Waals surface area contributed by atoms with E-state index in [-0.39, 0.29) is 12.5 Å². The van der Waals surface area contributed by atoms with Crippen molar-refractivity contribution in [1.82, 2.24) is 5.32 Å². The van der Waals surface area contributed by atoms with E-state index in [1.807, 2.05) is 13.8 Å². The van der Waals surface area contributed by atoms with Crippen molar-refractivity contribution in [2.45, 2.75) is 26.9 Å². The number of amides is 1. The zero-order valence-electron chi connectivity index (χ0n) is 12.5. The van der Waals surface area contributed by atoms with Crippen LogP contribution in [0.4, 0.5) is 10.1 Å². The number of anilines is 1. The molecule has 1 aromatic rings. The van der Waals surface area contributed by atoms with Gasteiger partial charge in [0.2, 0.25) is 5.91 Å². The molecule has 0 saturated carbocycles. The van der Waals surface area contributed by atoms with Gasteiger partial charge in [0.25, 0.3) is 0 Å². The van der Waals surface area contributed by atoms with Crippen LogP contribution >= 0.6 is 0 Å². The molecule has 1 atom stereocenters. The number of aliphatic hydroxyl groups is 1. The molecule has 0 fully saturated rings. The molecule has 5 heteroatoms. The molecule has 0 saturated heterocycles. The summed E-state index contributed by atoms with van der Waals surface area (Å²) in [6, 6.07) is 4.19. The molecule has 0 aliphatic carbocycles. The Morgan fingerprint density at radius 2 is 2.05 bits per heavy atom. The molecule has 2 N–H and O–H groups in total. The minimum absolute atomic E-state index is 0.0953. The van der Waals surface area contributed by atoms with Gasteiger partial charge in [-0.3, -0.25) is 4.79 Å². The van der Waals surface area contributed by atoms with Crippen LogP contribution in [0.3, 0.4) is 0 Å². The third-order valence-electron chi connectivity index (χ3n) is 2.94. The van der Waals surface area contributed by atoms with Gasteiger partial charge in [0, 0.05) is 24.8 Å². The Kier molecular flexibility index (Phi) is 5.95. The summed E-state index contributed by atoms with van der Waals surface area (Å²) in [5.41, 5.74) is 1.13. The Labute approximate surface area is 119 Å². The quantitative estimate of drug-likeness (QED) is 0.840. The summed E-state index contributed by atoms with van der Waals surface area (Å²) in [4.78, 5) is 13.5. The van der Waals surface area contributed by atoms with Crippen LogP contribution in [-0.2, 0) is 4.79 Å². The Morgan fingerprint density at radius 3 is 2.60 bits per heavy atom. The lowest BCUT2D eigenvalue weighted by molar-refractivity contribution is -0.119. The molecule has 0 aliphatic heterocycles. The lowest BCUT2D eigenvalue weighted by atomic mass is 10.1. The number of likely N-dealkylation sites (N-methyl/N-ethyl adjacent to an activating group) is 1. The van der Waals surface area contributed by atoms with Gasteiger partial charge in [0.05, 0.1) is 12.6 Å². The number of carbonyl (C=O) groups excluding carboxylic acids is 1. The third kappa shape index (κ3) is 4.81. The first kappa shape index (κ1) is 16.4. The van der Waals surface area contributed by atoms with E-state index in [0.29, 0.717) is 23.7 Å². The summed E-state index contributed by atoms with van der Waals surface area (Å²) in [5, 5.41) is 12.5. The highest BCUT2D eigenvalue weighted by Gasteiger charge is 2.15. The van der Waals surface area contributed by atoms with Gasteiger partial charge in [0.15, 0.2) is 0 Å². The van der Waals surface area contributed by atoms with Crippen LogP contribution in [0.2, 0.25) is 0 Å². The van der Waals surface area contributed by atoms with Crippen LogP contribution in [0.15, 0.2) is 18.2 Å². The maximum Gasteiger partial charge on any atom is 0.239 e. The number of hydrogen-bond acceptors (Lipinski definition) is 3. The number of nitrogens with one attached hydrogen (secondary N) is 1. The number of halogens is 1. The highest BCUT2D eigenvalue weighted by atomic mass is 19.1. The molecule has 1 amide bonds. The van der Waals surface area contributed by atoms with Gasteiger partial charge in [-0.15, -0.1) is 0 Å². The number of hydrogen-bond donors (Lipinski definition) is 2. The highest BCUT2D eigenvalue weighted by Crippen LogP contribution is 2.26. The normalized spacial score (nSPS) is 12.3. The molecule has 0 spiro atoms. The minimum atomic E-state index is -0.790. The van der Waals surface area contributed by atoms with E-state index in [1.54, 1.807) is 24.9 Å². The zero-order chi connectivity index (χ0) is 15.3. The number of benzene rings is 1. The van der Waals surface area contributed by atoms with Gasteiger partial charge in [0.1, 0.15) is 5.82 Å². The first-order chi connectivity index (χ1) is 9.31. The lowest BCUT2D eigenvalue weighted by Gasteiger charge is -2.23. The van der Waals surface area contributed by atoms with Gasteiger partial charge >= 0.3 is 0 Å². The molecular formula is C15H23FN2O2. The summed E-state index contributed by atoms with van der Waals surface area (Å²) in [5.74, 6) is -0.104. The molecule has 0 aromatic heterocycles. The predicted octanol–water partition coefficient (Wildman–Crippen LogP) is 2.09. The third-order valence-corrected chi connectivity index (χ3v) is 2.94. The van der Waals surface area contributed by atoms with E-state index in [4.69, 9.17) is 0 Å². The van der Waals surface area contributed by atoms with E-state index in [9.17, 15) is 14.3 Å².